The molecular weight excluding hydrogens is 272 g/mol. The summed E-state index contributed by atoms with van der Waals surface area (Å²) < 4.78 is 0. The number of hydrogen-bond acceptors (Lipinski definition) is 1. The molecule has 0 saturated carbocycles. The van der Waals surface area contributed by atoms with Crippen LogP contribution in [0.4, 0.5) is 0 Å². The van der Waals surface area contributed by atoms with E-state index in [2.05, 4.69) is 50.0 Å². The van der Waals surface area contributed by atoms with E-state index in [1.54, 1.807) is 0 Å². The second kappa shape index (κ2) is 8.39. The Morgan fingerprint density at radius 2 is 1.67 bits per heavy atom. The molecule has 1 unspecified atom stereocenters. The van der Waals surface area contributed by atoms with E-state index in [1.807, 2.05) is 54.2 Å². The van der Waals surface area contributed by atoms with Gasteiger partial charge in [0.05, 0.1) is 0 Å². The normalized spacial score (nSPS) is 12.4. The monoisotopic (exact) mass is 292 g/mol. The minimum absolute atomic E-state index is 0.593. The first-order valence-corrected chi connectivity index (χ1v) is 8.16. The molecule has 0 bridgehead atoms. The Hall–Kier alpha value is -1.91. The zero-order valence-electron chi connectivity index (χ0n) is 12.5. The minimum atomic E-state index is 0.593. The van der Waals surface area contributed by atoms with Crippen LogP contribution in [0.3, 0.4) is 0 Å². The van der Waals surface area contributed by atoms with Crippen LogP contribution < -0.4 is 0 Å². The van der Waals surface area contributed by atoms with Crippen molar-refractivity contribution in [2.75, 3.05) is 0 Å². The van der Waals surface area contributed by atoms with Gasteiger partial charge in [0, 0.05) is 21.8 Å². The molecule has 0 saturated heterocycles. The van der Waals surface area contributed by atoms with Crippen molar-refractivity contribution in [3.05, 3.63) is 77.9 Å². The third-order valence-corrected chi connectivity index (χ3v) is 4.50. The van der Waals surface area contributed by atoms with Gasteiger partial charge in [-0.05, 0) is 24.1 Å². The Labute approximate surface area is 132 Å². The summed E-state index contributed by atoms with van der Waals surface area (Å²) in [6.45, 7) is 4.47. The second-order valence-corrected chi connectivity index (χ2v) is 6.33. The maximum Gasteiger partial charge on any atom is 0.0248 e. The van der Waals surface area contributed by atoms with Crippen molar-refractivity contribution >= 4 is 16.7 Å². The summed E-state index contributed by atoms with van der Waals surface area (Å²) in [6.07, 6.45) is 3.19. The van der Waals surface area contributed by atoms with Crippen LogP contribution in [-0.2, 0) is 0 Å². The molecule has 0 aliphatic carbocycles. The van der Waals surface area contributed by atoms with Crippen LogP contribution >= 0.6 is 11.8 Å². The van der Waals surface area contributed by atoms with Gasteiger partial charge in [0.2, 0.25) is 0 Å². The molecular formula is C20H20S. The zero-order chi connectivity index (χ0) is 14.9. The number of rotatable bonds is 4. The molecule has 2 aromatic carbocycles. The van der Waals surface area contributed by atoms with Crippen molar-refractivity contribution in [1.82, 2.24) is 0 Å². The topological polar surface area (TPSA) is 0 Å². The summed E-state index contributed by atoms with van der Waals surface area (Å²) in [6, 6.07) is 20.6. The molecule has 0 radical (unpaired) electrons. The van der Waals surface area contributed by atoms with E-state index in [1.165, 1.54) is 10.5 Å². The maximum absolute atomic E-state index is 3.20. The van der Waals surface area contributed by atoms with Gasteiger partial charge >= 0.3 is 0 Å². The average molecular weight is 292 g/mol. The van der Waals surface area contributed by atoms with E-state index in [9.17, 15) is 0 Å². The molecule has 0 fully saturated rings. The Kier molecular flexibility index (Phi) is 6.19. The lowest BCUT2D eigenvalue weighted by Gasteiger charge is -2.11. The van der Waals surface area contributed by atoms with Crippen LogP contribution in [0, 0.1) is 11.8 Å². The smallest absolute Gasteiger partial charge is 0.0248 e. The predicted octanol–water partition coefficient (Wildman–Crippen LogP) is 5.61. The van der Waals surface area contributed by atoms with Crippen molar-refractivity contribution in [1.29, 1.82) is 0 Å². The summed E-state index contributed by atoms with van der Waals surface area (Å²) in [5, 5.41) is 0.593. The lowest BCUT2D eigenvalue weighted by atomic mass is 10.2. The van der Waals surface area contributed by atoms with E-state index >= 15 is 0 Å². The molecule has 0 amide bonds. The number of hydrogen-bond donors (Lipinski definition) is 0. The fourth-order valence-electron chi connectivity index (χ4n) is 1.79. The molecule has 2 rings (SSSR count). The standard InChI is InChI=1S/C20H20S/c1-3-17(2)21-20(19-14-8-5-9-15-19)16-10-13-18-11-6-4-7-12-18/h4-9,11-12,14-17H,3H2,1-2H3/b20-16-. The van der Waals surface area contributed by atoms with Crippen molar-refractivity contribution in [2.24, 2.45) is 0 Å². The highest BCUT2D eigenvalue weighted by Gasteiger charge is 2.06. The number of allylic oxidation sites excluding steroid dienone is 1. The molecule has 1 heteroatoms. The first kappa shape index (κ1) is 15.5. The quantitative estimate of drug-likeness (QED) is 0.660. The van der Waals surface area contributed by atoms with Crippen LogP contribution in [0.2, 0.25) is 0 Å². The zero-order valence-corrected chi connectivity index (χ0v) is 13.4. The fraction of sp³-hybridized carbons (Fsp3) is 0.200. The molecule has 2 aromatic rings. The van der Waals surface area contributed by atoms with Gasteiger partial charge in [-0.2, -0.15) is 0 Å². The van der Waals surface area contributed by atoms with Crippen molar-refractivity contribution in [3.8, 4) is 11.8 Å². The molecule has 0 nitrogen and oxygen atoms in total. The van der Waals surface area contributed by atoms with Gasteiger partial charge in [0.1, 0.15) is 0 Å². The van der Waals surface area contributed by atoms with Crippen LogP contribution in [0.25, 0.3) is 4.91 Å². The molecule has 0 N–H and O–H groups in total. The van der Waals surface area contributed by atoms with Gasteiger partial charge in [0.15, 0.2) is 0 Å². The second-order valence-electron chi connectivity index (χ2n) is 4.85. The van der Waals surface area contributed by atoms with Crippen LogP contribution in [0.15, 0.2) is 66.7 Å². The molecule has 0 spiro atoms. The Morgan fingerprint density at radius 3 is 2.29 bits per heavy atom. The van der Waals surface area contributed by atoms with Gasteiger partial charge in [-0.1, -0.05) is 74.2 Å². The third-order valence-electron chi connectivity index (χ3n) is 3.15. The SMILES string of the molecule is CCC(C)S/C(=C\C#Cc1ccccc1)c1ccccc1. The summed E-state index contributed by atoms with van der Waals surface area (Å²) in [5.74, 6) is 6.39. The molecule has 1 atom stereocenters. The summed E-state index contributed by atoms with van der Waals surface area (Å²) in [5.41, 5.74) is 2.29. The first-order valence-electron chi connectivity index (χ1n) is 7.28. The van der Waals surface area contributed by atoms with Gasteiger partial charge in [0.25, 0.3) is 0 Å². The molecule has 0 aromatic heterocycles. The molecule has 0 heterocycles. The highest BCUT2D eigenvalue weighted by atomic mass is 32.2. The fourth-order valence-corrected chi connectivity index (χ4v) is 2.79. The highest BCUT2D eigenvalue weighted by molar-refractivity contribution is 8.08. The summed E-state index contributed by atoms with van der Waals surface area (Å²) in [4.78, 5) is 1.24. The highest BCUT2D eigenvalue weighted by Crippen LogP contribution is 2.31. The van der Waals surface area contributed by atoms with E-state index in [0.29, 0.717) is 5.25 Å². The average Bonchev–Trinajstić information content (AvgIpc) is 2.55. The van der Waals surface area contributed by atoms with Crippen LogP contribution in [0.1, 0.15) is 31.4 Å². The first-order chi connectivity index (χ1) is 10.3. The van der Waals surface area contributed by atoms with E-state index < -0.39 is 0 Å². The van der Waals surface area contributed by atoms with Crippen molar-refractivity contribution in [3.63, 3.8) is 0 Å². The Balaban J connectivity index is 2.23. The molecule has 21 heavy (non-hydrogen) atoms. The largest absolute Gasteiger partial charge is 0.122 e. The Morgan fingerprint density at radius 1 is 1.05 bits per heavy atom. The minimum Gasteiger partial charge on any atom is -0.122 e. The van der Waals surface area contributed by atoms with E-state index in [4.69, 9.17) is 0 Å². The van der Waals surface area contributed by atoms with Gasteiger partial charge < -0.3 is 0 Å². The van der Waals surface area contributed by atoms with Gasteiger partial charge in [-0.3, -0.25) is 0 Å². The number of benzene rings is 2. The lowest BCUT2D eigenvalue weighted by Crippen LogP contribution is -1.93. The predicted molar refractivity (Wildman–Crippen MR) is 95.1 cm³/mol. The van der Waals surface area contributed by atoms with Crippen LogP contribution in [-0.4, -0.2) is 5.25 Å². The van der Waals surface area contributed by atoms with Crippen molar-refractivity contribution in [2.45, 2.75) is 25.5 Å². The van der Waals surface area contributed by atoms with Crippen molar-refractivity contribution < 1.29 is 0 Å². The lowest BCUT2D eigenvalue weighted by molar-refractivity contribution is 0.910. The number of thioether (sulfide) groups is 1. The summed E-state index contributed by atoms with van der Waals surface area (Å²) >= 11 is 1.89. The Bertz CT molecular complexity index is 630. The van der Waals surface area contributed by atoms with Gasteiger partial charge in [-0.25, -0.2) is 0 Å². The van der Waals surface area contributed by atoms with Gasteiger partial charge in [-0.15, -0.1) is 11.8 Å². The third kappa shape index (κ3) is 5.17. The molecule has 0 aliphatic rings. The molecule has 106 valence electrons. The van der Waals surface area contributed by atoms with Crippen LogP contribution in [0.5, 0.6) is 0 Å². The summed E-state index contributed by atoms with van der Waals surface area (Å²) in [7, 11) is 0. The van der Waals surface area contributed by atoms with E-state index in [-0.39, 0.29) is 0 Å². The maximum atomic E-state index is 3.20. The van der Waals surface area contributed by atoms with E-state index in [0.717, 1.165) is 12.0 Å². The molecule has 0 aliphatic heterocycles.